The third kappa shape index (κ3) is 4.44. The van der Waals surface area contributed by atoms with Crippen LogP contribution in [0.1, 0.15) is 30.5 Å². The molecule has 1 nitrogen and oxygen atoms in total. The molecule has 1 atom stereocenters. The van der Waals surface area contributed by atoms with E-state index in [1.807, 2.05) is 12.1 Å². The Bertz CT molecular complexity index is 584. The molecule has 0 saturated heterocycles. The quantitative estimate of drug-likeness (QED) is 0.748. The molecule has 0 amide bonds. The lowest BCUT2D eigenvalue weighted by Crippen LogP contribution is -2.24. The van der Waals surface area contributed by atoms with E-state index in [9.17, 15) is 4.39 Å². The molecule has 0 aromatic heterocycles. The maximum absolute atomic E-state index is 13.0. The number of hydrogen-bond acceptors (Lipinski definition) is 1. The lowest BCUT2D eigenvalue weighted by molar-refractivity contribution is 0.528. The van der Waals surface area contributed by atoms with E-state index >= 15 is 0 Å². The van der Waals surface area contributed by atoms with Crippen molar-refractivity contribution >= 4 is 23.2 Å². The Kier molecular flexibility index (Phi) is 6.04. The van der Waals surface area contributed by atoms with Crippen LogP contribution in [0.4, 0.5) is 4.39 Å². The molecule has 112 valence electrons. The molecule has 2 aromatic carbocycles. The van der Waals surface area contributed by atoms with Crippen LogP contribution in [0.3, 0.4) is 0 Å². The average Bonchev–Trinajstić information content (AvgIpc) is 2.48. The van der Waals surface area contributed by atoms with E-state index in [0.717, 1.165) is 30.5 Å². The predicted octanol–water partition coefficient (Wildman–Crippen LogP) is 5.42. The monoisotopic (exact) mass is 325 g/mol. The van der Waals surface area contributed by atoms with Crippen LogP contribution in [0.2, 0.25) is 10.0 Å². The number of benzene rings is 2. The van der Waals surface area contributed by atoms with Gasteiger partial charge in [-0.15, -0.1) is 0 Å². The summed E-state index contributed by atoms with van der Waals surface area (Å²) in [7, 11) is 0. The number of nitrogens with one attached hydrogen (secondary N) is 1. The highest BCUT2D eigenvalue weighted by atomic mass is 35.5. The lowest BCUT2D eigenvalue weighted by atomic mass is 9.98. The fraction of sp³-hybridized carbons (Fsp3) is 0.294. The van der Waals surface area contributed by atoms with Crippen molar-refractivity contribution in [2.45, 2.75) is 25.8 Å². The molecule has 2 rings (SSSR count). The molecule has 1 N–H and O–H groups in total. The number of hydrogen-bond donors (Lipinski definition) is 1. The summed E-state index contributed by atoms with van der Waals surface area (Å²) in [6.45, 7) is 3.00. The molecule has 0 radical (unpaired) electrons. The largest absolute Gasteiger partial charge is 0.310 e. The van der Waals surface area contributed by atoms with E-state index in [0.29, 0.717) is 10.0 Å². The first kappa shape index (κ1) is 16.3. The lowest BCUT2D eigenvalue weighted by Gasteiger charge is -2.21. The fourth-order valence-electron chi connectivity index (χ4n) is 2.26. The van der Waals surface area contributed by atoms with Crippen LogP contribution in [0.15, 0.2) is 42.5 Å². The van der Waals surface area contributed by atoms with Gasteiger partial charge >= 0.3 is 0 Å². The van der Waals surface area contributed by atoms with Crippen molar-refractivity contribution in [2.75, 3.05) is 6.54 Å². The summed E-state index contributed by atoms with van der Waals surface area (Å²) in [5.41, 5.74) is 2.03. The molecule has 0 fully saturated rings. The molecular weight excluding hydrogens is 308 g/mol. The first-order valence-electron chi connectivity index (χ1n) is 7.03. The second-order valence-corrected chi connectivity index (χ2v) is 5.77. The minimum absolute atomic E-state index is 0.0570. The Morgan fingerprint density at radius 1 is 1.10 bits per heavy atom. The van der Waals surface area contributed by atoms with E-state index in [1.165, 1.54) is 12.1 Å². The Morgan fingerprint density at radius 2 is 1.81 bits per heavy atom. The molecule has 21 heavy (non-hydrogen) atoms. The zero-order chi connectivity index (χ0) is 15.2. The van der Waals surface area contributed by atoms with Gasteiger partial charge in [0, 0.05) is 6.04 Å². The Labute approximate surface area is 135 Å². The summed E-state index contributed by atoms with van der Waals surface area (Å²) in [5, 5.41) is 4.61. The van der Waals surface area contributed by atoms with E-state index in [2.05, 4.69) is 12.2 Å². The molecule has 0 aliphatic rings. The average molecular weight is 326 g/mol. The topological polar surface area (TPSA) is 12.0 Å². The Morgan fingerprint density at radius 3 is 2.48 bits per heavy atom. The zero-order valence-corrected chi connectivity index (χ0v) is 13.4. The molecule has 2 aromatic rings. The van der Waals surface area contributed by atoms with Crippen molar-refractivity contribution in [3.8, 4) is 0 Å². The zero-order valence-electron chi connectivity index (χ0n) is 11.9. The predicted molar refractivity (Wildman–Crippen MR) is 87.6 cm³/mol. The highest BCUT2D eigenvalue weighted by Gasteiger charge is 2.16. The summed E-state index contributed by atoms with van der Waals surface area (Å²) < 4.78 is 13.0. The van der Waals surface area contributed by atoms with Gasteiger partial charge in [-0.2, -0.15) is 0 Å². The van der Waals surface area contributed by atoms with E-state index in [-0.39, 0.29) is 11.9 Å². The highest BCUT2D eigenvalue weighted by molar-refractivity contribution is 6.42. The van der Waals surface area contributed by atoms with Crippen LogP contribution in [0, 0.1) is 5.82 Å². The molecule has 1 unspecified atom stereocenters. The van der Waals surface area contributed by atoms with Gasteiger partial charge in [0.1, 0.15) is 5.82 Å². The highest BCUT2D eigenvalue weighted by Crippen LogP contribution is 2.31. The molecule has 4 heteroatoms. The first-order chi connectivity index (χ1) is 10.1. The van der Waals surface area contributed by atoms with E-state index < -0.39 is 0 Å². The van der Waals surface area contributed by atoms with Gasteiger partial charge in [-0.3, -0.25) is 0 Å². The van der Waals surface area contributed by atoms with Crippen molar-refractivity contribution in [1.29, 1.82) is 0 Å². The number of halogens is 3. The van der Waals surface area contributed by atoms with Crippen molar-refractivity contribution in [1.82, 2.24) is 5.32 Å². The van der Waals surface area contributed by atoms with Crippen molar-refractivity contribution < 1.29 is 4.39 Å². The molecule has 0 heterocycles. The number of rotatable bonds is 6. The second-order valence-electron chi connectivity index (χ2n) is 4.98. The van der Waals surface area contributed by atoms with Crippen molar-refractivity contribution in [3.63, 3.8) is 0 Å². The van der Waals surface area contributed by atoms with Gasteiger partial charge in [-0.05, 0) is 48.7 Å². The van der Waals surface area contributed by atoms with Gasteiger partial charge in [0.25, 0.3) is 0 Å². The van der Waals surface area contributed by atoms with Gasteiger partial charge < -0.3 is 5.32 Å². The van der Waals surface area contributed by atoms with Crippen molar-refractivity contribution in [2.24, 2.45) is 0 Å². The van der Waals surface area contributed by atoms with Gasteiger partial charge in [0.2, 0.25) is 0 Å². The van der Waals surface area contributed by atoms with Gasteiger partial charge in [-0.1, -0.05) is 54.4 Å². The summed E-state index contributed by atoms with van der Waals surface area (Å²) in [6.07, 6.45) is 1.76. The fourth-order valence-corrected chi connectivity index (χ4v) is 2.70. The maximum atomic E-state index is 13.0. The summed E-state index contributed by atoms with van der Waals surface area (Å²) >= 11 is 12.4. The van der Waals surface area contributed by atoms with E-state index in [4.69, 9.17) is 23.2 Å². The first-order valence-corrected chi connectivity index (χ1v) is 7.79. The van der Waals surface area contributed by atoms with Crippen molar-refractivity contribution in [3.05, 3.63) is 69.5 Å². The molecule has 0 bridgehead atoms. The third-order valence-electron chi connectivity index (χ3n) is 3.35. The molecule has 0 saturated carbocycles. The van der Waals surface area contributed by atoms with Crippen LogP contribution < -0.4 is 5.32 Å². The smallest absolute Gasteiger partial charge is 0.123 e. The summed E-state index contributed by atoms with van der Waals surface area (Å²) in [6, 6.07) is 12.3. The van der Waals surface area contributed by atoms with Crippen LogP contribution in [-0.4, -0.2) is 6.54 Å². The van der Waals surface area contributed by atoms with Crippen LogP contribution in [-0.2, 0) is 6.42 Å². The second kappa shape index (κ2) is 7.79. The summed E-state index contributed by atoms with van der Waals surface area (Å²) in [4.78, 5) is 0. The molecule has 0 spiro atoms. The third-order valence-corrected chi connectivity index (χ3v) is 4.18. The summed E-state index contributed by atoms with van der Waals surface area (Å²) in [5.74, 6) is -0.224. The van der Waals surface area contributed by atoms with Crippen LogP contribution in [0.25, 0.3) is 0 Å². The Hall–Kier alpha value is -1.09. The normalized spacial score (nSPS) is 12.4. The van der Waals surface area contributed by atoms with Gasteiger partial charge in [-0.25, -0.2) is 4.39 Å². The van der Waals surface area contributed by atoms with Gasteiger partial charge in [0.05, 0.1) is 10.0 Å². The Balaban J connectivity index is 2.25. The van der Waals surface area contributed by atoms with Crippen LogP contribution in [0.5, 0.6) is 0 Å². The minimum atomic E-state index is -0.224. The van der Waals surface area contributed by atoms with Gasteiger partial charge in [0.15, 0.2) is 0 Å². The standard InChI is InChI=1S/C17H18Cl2FN/c1-2-10-21-16(11-12-6-8-13(20)9-7-12)14-4-3-5-15(18)17(14)19/h3-9,16,21H,2,10-11H2,1H3. The maximum Gasteiger partial charge on any atom is 0.123 e. The van der Waals surface area contributed by atoms with E-state index in [1.54, 1.807) is 18.2 Å². The molecule has 0 aliphatic heterocycles. The van der Waals surface area contributed by atoms with Crippen LogP contribution >= 0.6 is 23.2 Å². The molecular formula is C17H18Cl2FN. The minimum Gasteiger partial charge on any atom is -0.310 e. The SMILES string of the molecule is CCCNC(Cc1ccc(F)cc1)c1cccc(Cl)c1Cl. The molecule has 0 aliphatic carbocycles.